The summed E-state index contributed by atoms with van der Waals surface area (Å²) < 4.78 is 0. The zero-order valence-electron chi connectivity index (χ0n) is 12.4. The van der Waals surface area contributed by atoms with Gasteiger partial charge in [0.05, 0.1) is 22.3 Å². The van der Waals surface area contributed by atoms with E-state index in [1.165, 1.54) is 17.3 Å². The van der Waals surface area contributed by atoms with E-state index in [0.717, 1.165) is 0 Å². The number of nitriles is 1. The molecule has 2 aromatic rings. The molecule has 0 bridgehead atoms. The monoisotopic (exact) mass is 329 g/mol. The van der Waals surface area contributed by atoms with Gasteiger partial charge in [-0.25, -0.2) is 4.98 Å². The second-order valence-corrected chi connectivity index (χ2v) is 5.02. The maximum Gasteiger partial charge on any atom is 0.278 e. The highest BCUT2D eigenvalue weighted by Crippen LogP contribution is 2.22. The van der Waals surface area contributed by atoms with E-state index in [2.05, 4.69) is 10.1 Å². The highest BCUT2D eigenvalue weighted by molar-refractivity contribution is 6.30. The molecule has 1 aromatic carbocycles. The molecule has 0 aliphatic heterocycles. The summed E-state index contributed by atoms with van der Waals surface area (Å²) in [6.45, 7) is 1.75. The number of nitro groups is 1. The highest BCUT2D eigenvalue weighted by Gasteiger charge is 2.12. The van der Waals surface area contributed by atoms with Gasteiger partial charge in [0.1, 0.15) is 11.2 Å². The molecule has 0 aliphatic rings. The van der Waals surface area contributed by atoms with Gasteiger partial charge in [-0.15, -0.1) is 0 Å². The van der Waals surface area contributed by atoms with Crippen molar-refractivity contribution in [2.75, 3.05) is 12.1 Å². The number of hydrogen-bond acceptors (Lipinski definition) is 6. The minimum absolute atomic E-state index is 0.0355. The van der Waals surface area contributed by atoms with Crippen molar-refractivity contribution in [3.63, 3.8) is 0 Å². The fourth-order valence-electron chi connectivity index (χ4n) is 1.89. The average Bonchev–Trinajstić information content (AvgIpc) is 2.52. The van der Waals surface area contributed by atoms with Crippen molar-refractivity contribution in [1.29, 1.82) is 5.26 Å². The number of hydrazone groups is 1. The van der Waals surface area contributed by atoms with Gasteiger partial charge in [0, 0.05) is 13.1 Å². The Balaban J connectivity index is 2.31. The lowest BCUT2D eigenvalue weighted by atomic mass is 10.2. The molecule has 0 saturated carbocycles. The second kappa shape index (κ2) is 6.85. The van der Waals surface area contributed by atoms with Crippen LogP contribution in [0.25, 0.3) is 0 Å². The van der Waals surface area contributed by atoms with E-state index in [-0.39, 0.29) is 10.8 Å². The number of para-hydroxylation sites is 1. The predicted octanol–water partition coefficient (Wildman–Crippen LogP) is 3.29. The lowest BCUT2D eigenvalue weighted by Crippen LogP contribution is -2.12. The number of nitrogens with zero attached hydrogens (tertiary/aromatic N) is 5. The number of anilines is 1. The lowest BCUT2D eigenvalue weighted by Gasteiger charge is -2.13. The molecule has 0 fully saturated rings. The molecule has 0 unspecified atom stereocenters. The molecule has 0 amide bonds. The van der Waals surface area contributed by atoms with E-state index in [4.69, 9.17) is 16.9 Å². The first-order valence-electron chi connectivity index (χ1n) is 6.52. The van der Waals surface area contributed by atoms with Crippen LogP contribution in [-0.4, -0.2) is 23.2 Å². The van der Waals surface area contributed by atoms with E-state index in [1.807, 2.05) is 6.07 Å². The molecule has 116 valence electrons. The summed E-state index contributed by atoms with van der Waals surface area (Å²) in [5.74, 6) is 0.432. The number of nitro benzene ring substituents is 1. The minimum Gasteiger partial charge on any atom is -0.258 e. The molecule has 0 N–H and O–H groups in total. The molecule has 0 saturated heterocycles. The fourth-order valence-corrected chi connectivity index (χ4v) is 2.17. The first-order chi connectivity index (χ1) is 10.9. The molecule has 1 heterocycles. The number of hydrogen-bond donors (Lipinski definition) is 0. The number of halogens is 1. The normalized spacial score (nSPS) is 10.5. The summed E-state index contributed by atoms with van der Waals surface area (Å²) in [7, 11) is 1.63. The van der Waals surface area contributed by atoms with Crippen molar-refractivity contribution in [3.8, 4) is 6.07 Å². The summed E-state index contributed by atoms with van der Waals surface area (Å²) in [5, 5.41) is 25.6. The SMILES string of the molecule is Cc1cc(N(C)/N=C\c2ccccc2[N+](=O)[O-])nc(Cl)c1C#N. The molecular formula is C15H12ClN5O2. The minimum atomic E-state index is -0.470. The molecule has 7 nitrogen and oxygen atoms in total. The fraction of sp³-hybridized carbons (Fsp3) is 0.133. The third kappa shape index (κ3) is 3.62. The van der Waals surface area contributed by atoms with Crippen LogP contribution in [-0.2, 0) is 0 Å². The smallest absolute Gasteiger partial charge is 0.258 e. The van der Waals surface area contributed by atoms with Crippen LogP contribution >= 0.6 is 11.6 Å². The van der Waals surface area contributed by atoms with Crippen molar-refractivity contribution in [3.05, 3.63) is 62.3 Å². The third-order valence-corrected chi connectivity index (χ3v) is 3.38. The van der Waals surface area contributed by atoms with E-state index in [1.54, 1.807) is 38.2 Å². The van der Waals surface area contributed by atoms with Crippen molar-refractivity contribution < 1.29 is 4.92 Å². The number of benzene rings is 1. The molecule has 0 atom stereocenters. The lowest BCUT2D eigenvalue weighted by molar-refractivity contribution is -0.385. The predicted molar refractivity (Wildman–Crippen MR) is 87.8 cm³/mol. The van der Waals surface area contributed by atoms with Crippen LogP contribution in [0.1, 0.15) is 16.7 Å². The summed E-state index contributed by atoms with van der Waals surface area (Å²) in [6, 6.07) is 9.93. The van der Waals surface area contributed by atoms with Crippen LogP contribution < -0.4 is 5.01 Å². The molecule has 0 radical (unpaired) electrons. The van der Waals surface area contributed by atoms with Gasteiger partial charge < -0.3 is 0 Å². The Morgan fingerprint density at radius 2 is 2.17 bits per heavy atom. The van der Waals surface area contributed by atoms with Gasteiger partial charge in [0.2, 0.25) is 0 Å². The van der Waals surface area contributed by atoms with E-state index < -0.39 is 4.92 Å². The summed E-state index contributed by atoms with van der Waals surface area (Å²) >= 11 is 5.96. The quantitative estimate of drug-likeness (QED) is 0.371. The zero-order chi connectivity index (χ0) is 17.0. The molecule has 0 aliphatic carbocycles. The number of aromatic nitrogens is 1. The van der Waals surface area contributed by atoms with Crippen LogP contribution in [0.15, 0.2) is 35.4 Å². The van der Waals surface area contributed by atoms with Crippen LogP contribution in [0.3, 0.4) is 0 Å². The summed E-state index contributed by atoms with van der Waals surface area (Å²) in [4.78, 5) is 14.6. The van der Waals surface area contributed by atoms with Crippen molar-refractivity contribution >= 4 is 29.3 Å². The Bertz CT molecular complexity index is 806. The first kappa shape index (κ1) is 16.4. The number of aryl methyl sites for hydroxylation is 1. The first-order valence-corrected chi connectivity index (χ1v) is 6.90. The van der Waals surface area contributed by atoms with Crippen molar-refractivity contribution in [1.82, 2.24) is 4.98 Å². The Hall–Kier alpha value is -2.98. The Morgan fingerprint density at radius 1 is 1.48 bits per heavy atom. The van der Waals surface area contributed by atoms with Gasteiger partial charge in [0.25, 0.3) is 5.69 Å². The summed E-state index contributed by atoms with van der Waals surface area (Å²) in [5.41, 5.74) is 1.33. The maximum atomic E-state index is 11.0. The largest absolute Gasteiger partial charge is 0.278 e. The Morgan fingerprint density at radius 3 is 2.78 bits per heavy atom. The second-order valence-electron chi connectivity index (χ2n) is 4.66. The highest BCUT2D eigenvalue weighted by atomic mass is 35.5. The van der Waals surface area contributed by atoms with Gasteiger partial charge in [-0.3, -0.25) is 15.1 Å². The van der Waals surface area contributed by atoms with Gasteiger partial charge in [0.15, 0.2) is 5.82 Å². The standard InChI is InChI=1S/C15H12ClN5O2/c1-10-7-14(19-15(16)12(10)8-17)20(2)18-9-11-5-3-4-6-13(11)21(22)23/h3-7,9H,1-2H3/b18-9-. The molecule has 1 aromatic heterocycles. The molecule has 23 heavy (non-hydrogen) atoms. The van der Waals surface area contributed by atoms with Gasteiger partial charge in [-0.05, 0) is 24.6 Å². The van der Waals surface area contributed by atoms with Crippen molar-refractivity contribution in [2.45, 2.75) is 6.92 Å². The average molecular weight is 330 g/mol. The van der Waals surface area contributed by atoms with Crippen LogP contribution in [0, 0.1) is 28.4 Å². The van der Waals surface area contributed by atoms with E-state index in [9.17, 15) is 10.1 Å². The maximum absolute atomic E-state index is 11.0. The Kier molecular flexibility index (Phi) is 4.88. The van der Waals surface area contributed by atoms with Crippen molar-refractivity contribution in [2.24, 2.45) is 5.10 Å². The van der Waals surface area contributed by atoms with Gasteiger partial charge in [-0.1, -0.05) is 23.7 Å². The number of pyridine rings is 1. The third-order valence-electron chi connectivity index (χ3n) is 3.11. The van der Waals surface area contributed by atoms with Crippen LogP contribution in [0.4, 0.5) is 11.5 Å². The molecule has 2 rings (SSSR count). The zero-order valence-corrected chi connectivity index (χ0v) is 13.2. The molecule has 0 spiro atoms. The molecular weight excluding hydrogens is 318 g/mol. The van der Waals surface area contributed by atoms with E-state index in [0.29, 0.717) is 22.5 Å². The Labute approximate surface area is 137 Å². The van der Waals surface area contributed by atoms with Gasteiger partial charge >= 0.3 is 0 Å². The topological polar surface area (TPSA) is 95.4 Å². The summed E-state index contributed by atoms with van der Waals surface area (Å²) in [6.07, 6.45) is 1.38. The molecule has 8 heteroatoms. The van der Waals surface area contributed by atoms with Gasteiger partial charge in [-0.2, -0.15) is 10.4 Å². The van der Waals surface area contributed by atoms with Crippen LogP contribution in [0.5, 0.6) is 0 Å². The number of rotatable bonds is 4. The van der Waals surface area contributed by atoms with E-state index >= 15 is 0 Å². The van der Waals surface area contributed by atoms with Crippen LogP contribution in [0.2, 0.25) is 5.15 Å².